The van der Waals surface area contributed by atoms with E-state index >= 15 is 0 Å². The molecule has 1 saturated carbocycles. The first-order valence-corrected chi connectivity index (χ1v) is 7.85. The predicted octanol–water partition coefficient (Wildman–Crippen LogP) is 3.77. The van der Waals surface area contributed by atoms with Crippen molar-refractivity contribution < 1.29 is 13.9 Å². The number of aliphatic hydroxyl groups excluding tert-OH is 1. The molecule has 0 aliphatic heterocycles. The summed E-state index contributed by atoms with van der Waals surface area (Å²) in [6, 6.07) is 11.1. The van der Waals surface area contributed by atoms with Gasteiger partial charge in [0.2, 0.25) is 0 Å². The summed E-state index contributed by atoms with van der Waals surface area (Å²) in [6.45, 7) is 2.08. The molecule has 1 heterocycles. The largest absolute Gasteiger partial charge is 0.467 e. The van der Waals surface area contributed by atoms with Gasteiger partial charge in [-0.2, -0.15) is 0 Å². The highest BCUT2D eigenvalue weighted by Gasteiger charge is 2.31. The highest BCUT2D eigenvalue weighted by molar-refractivity contribution is 5.23. The van der Waals surface area contributed by atoms with Gasteiger partial charge in [0.1, 0.15) is 17.7 Å². The van der Waals surface area contributed by atoms with Crippen molar-refractivity contribution in [3.8, 4) is 0 Å². The fourth-order valence-corrected chi connectivity index (χ4v) is 3.16. The number of furan rings is 1. The molecule has 22 heavy (non-hydrogen) atoms. The normalized spacial score (nSPS) is 23.8. The monoisotopic (exact) mass is 303 g/mol. The van der Waals surface area contributed by atoms with Crippen LogP contribution >= 0.6 is 0 Å². The van der Waals surface area contributed by atoms with Gasteiger partial charge in [-0.05, 0) is 61.9 Å². The van der Waals surface area contributed by atoms with Crippen LogP contribution in [0.3, 0.4) is 0 Å². The molecule has 1 aromatic carbocycles. The number of nitrogens with one attached hydrogen (secondary N) is 1. The Kier molecular flexibility index (Phi) is 4.60. The van der Waals surface area contributed by atoms with Gasteiger partial charge in [0.05, 0.1) is 6.26 Å². The second-order valence-electron chi connectivity index (χ2n) is 6.25. The second-order valence-corrected chi connectivity index (χ2v) is 6.25. The number of halogens is 1. The van der Waals surface area contributed by atoms with Crippen molar-refractivity contribution in [1.29, 1.82) is 0 Å². The highest BCUT2D eigenvalue weighted by Crippen LogP contribution is 2.37. The summed E-state index contributed by atoms with van der Waals surface area (Å²) >= 11 is 0. The average Bonchev–Trinajstić information content (AvgIpc) is 2.98. The zero-order valence-corrected chi connectivity index (χ0v) is 12.7. The summed E-state index contributed by atoms with van der Waals surface area (Å²) in [5, 5.41) is 13.6. The molecule has 2 N–H and O–H groups in total. The van der Waals surface area contributed by atoms with E-state index in [4.69, 9.17) is 4.42 Å². The van der Waals surface area contributed by atoms with Crippen molar-refractivity contribution in [3.05, 3.63) is 59.8 Å². The molecule has 3 rings (SSSR count). The molecule has 3 nitrogen and oxygen atoms in total. The maximum absolute atomic E-state index is 12.9. The van der Waals surface area contributed by atoms with E-state index in [1.807, 2.05) is 12.1 Å². The zero-order valence-electron chi connectivity index (χ0n) is 12.7. The molecular weight excluding hydrogens is 281 g/mol. The van der Waals surface area contributed by atoms with E-state index in [-0.39, 0.29) is 11.9 Å². The Bertz CT molecular complexity index is 576. The SMILES string of the molecule is C[C@H](C[C@@H](O)c1ccco1)NC1CC(c2ccc(F)cc2)C1. The smallest absolute Gasteiger partial charge is 0.132 e. The molecule has 2 aromatic rings. The van der Waals surface area contributed by atoms with Gasteiger partial charge >= 0.3 is 0 Å². The minimum absolute atomic E-state index is 0.182. The lowest BCUT2D eigenvalue weighted by molar-refractivity contribution is 0.122. The lowest BCUT2D eigenvalue weighted by Gasteiger charge is -2.38. The molecule has 0 radical (unpaired) electrons. The summed E-state index contributed by atoms with van der Waals surface area (Å²) in [4.78, 5) is 0. The van der Waals surface area contributed by atoms with Gasteiger partial charge in [0.15, 0.2) is 0 Å². The molecule has 1 aliphatic rings. The molecule has 0 bridgehead atoms. The van der Waals surface area contributed by atoms with E-state index in [9.17, 15) is 9.50 Å². The van der Waals surface area contributed by atoms with Crippen LogP contribution in [-0.2, 0) is 0 Å². The number of benzene rings is 1. The van der Waals surface area contributed by atoms with Crippen LogP contribution in [0.2, 0.25) is 0 Å². The molecule has 0 saturated heterocycles. The van der Waals surface area contributed by atoms with Crippen molar-refractivity contribution >= 4 is 0 Å². The van der Waals surface area contributed by atoms with Crippen LogP contribution in [0.1, 0.15) is 49.5 Å². The third kappa shape index (κ3) is 3.57. The quantitative estimate of drug-likeness (QED) is 0.854. The topological polar surface area (TPSA) is 45.4 Å². The predicted molar refractivity (Wildman–Crippen MR) is 83.0 cm³/mol. The Hall–Kier alpha value is -1.65. The van der Waals surface area contributed by atoms with Gasteiger partial charge in [-0.1, -0.05) is 12.1 Å². The van der Waals surface area contributed by atoms with E-state index < -0.39 is 6.10 Å². The van der Waals surface area contributed by atoms with Crippen LogP contribution in [0.15, 0.2) is 47.1 Å². The van der Waals surface area contributed by atoms with Crippen molar-refractivity contribution in [3.63, 3.8) is 0 Å². The molecule has 1 fully saturated rings. The maximum atomic E-state index is 12.9. The summed E-state index contributed by atoms with van der Waals surface area (Å²) in [5.74, 6) is 0.949. The first kappa shape index (κ1) is 15.3. The van der Waals surface area contributed by atoms with Gasteiger partial charge in [0, 0.05) is 12.1 Å². The van der Waals surface area contributed by atoms with Gasteiger partial charge in [-0.25, -0.2) is 4.39 Å². The number of hydrogen-bond donors (Lipinski definition) is 2. The van der Waals surface area contributed by atoms with Gasteiger partial charge in [-0.3, -0.25) is 0 Å². The summed E-state index contributed by atoms with van der Waals surface area (Å²) in [5.41, 5.74) is 1.21. The van der Waals surface area contributed by atoms with Gasteiger partial charge in [0.25, 0.3) is 0 Å². The van der Waals surface area contributed by atoms with E-state index in [1.54, 1.807) is 18.4 Å². The van der Waals surface area contributed by atoms with Gasteiger partial charge < -0.3 is 14.8 Å². The highest BCUT2D eigenvalue weighted by atomic mass is 19.1. The minimum atomic E-state index is -0.564. The van der Waals surface area contributed by atoms with Crippen LogP contribution < -0.4 is 5.32 Å². The Morgan fingerprint density at radius 1 is 1.27 bits per heavy atom. The second kappa shape index (κ2) is 6.63. The van der Waals surface area contributed by atoms with E-state index in [0.29, 0.717) is 24.1 Å². The lowest BCUT2D eigenvalue weighted by Crippen LogP contribution is -2.44. The standard InChI is InChI=1S/C18H22FNO2/c1-12(9-17(21)18-3-2-8-22-18)20-16-10-14(11-16)13-4-6-15(19)7-5-13/h2-8,12,14,16-17,20-21H,9-11H2,1H3/t12-,14?,16?,17-/m1/s1. The Balaban J connectivity index is 1.42. The molecule has 0 spiro atoms. The van der Waals surface area contributed by atoms with E-state index in [1.165, 1.54) is 17.7 Å². The first-order valence-electron chi connectivity index (χ1n) is 7.85. The molecule has 1 aliphatic carbocycles. The first-order chi connectivity index (χ1) is 10.6. The molecule has 4 heteroatoms. The van der Waals surface area contributed by atoms with E-state index in [0.717, 1.165) is 12.8 Å². The fourth-order valence-electron chi connectivity index (χ4n) is 3.16. The lowest BCUT2D eigenvalue weighted by atomic mass is 9.75. The minimum Gasteiger partial charge on any atom is -0.467 e. The maximum Gasteiger partial charge on any atom is 0.132 e. The van der Waals surface area contributed by atoms with Crippen molar-refractivity contribution in [1.82, 2.24) is 5.32 Å². The summed E-state index contributed by atoms with van der Waals surface area (Å²) in [6.07, 6.45) is 3.77. The Labute approximate surface area is 130 Å². The van der Waals surface area contributed by atoms with Crippen LogP contribution in [0.25, 0.3) is 0 Å². The van der Waals surface area contributed by atoms with Crippen LogP contribution in [0, 0.1) is 5.82 Å². The molecule has 118 valence electrons. The average molecular weight is 303 g/mol. The Morgan fingerprint density at radius 2 is 2.00 bits per heavy atom. The molecule has 0 amide bonds. The summed E-state index contributed by atoms with van der Waals surface area (Å²) in [7, 11) is 0. The molecule has 1 aromatic heterocycles. The van der Waals surface area contributed by atoms with Crippen molar-refractivity contribution in [2.75, 3.05) is 0 Å². The van der Waals surface area contributed by atoms with Crippen LogP contribution in [0.4, 0.5) is 4.39 Å². The molecule has 2 atom stereocenters. The number of hydrogen-bond acceptors (Lipinski definition) is 3. The van der Waals surface area contributed by atoms with Crippen molar-refractivity contribution in [2.45, 2.75) is 50.3 Å². The third-order valence-corrected chi connectivity index (χ3v) is 4.45. The summed E-state index contributed by atoms with van der Waals surface area (Å²) < 4.78 is 18.1. The fraction of sp³-hybridized carbons (Fsp3) is 0.444. The van der Waals surface area contributed by atoms with Gasteiger partial charge in [-0.15, -0.1) is 0 Å². The van der Waals surface area contributed by atoms with E-state index in [2.05, 4.69) is 12.2 Å². The van der Waals surface area contributed by atoms with Crippen molar-refractivity contribution in [2.24, 2.45) is 0 Å². The Morgan fingerprint density at radius 3 is 2.64 bits per heavy atom. The third-order valence-electron chi connectivity index (χ3n) is 4.45. The number of aliphatic hydroxyl groups is 1. The molecular formula is C18H22FNO2. The number of rotatable bonds is 6. The van der Waals surface area contributed by atoms with Crippen LogP contribution in [0.5, 0.6) is 0 Å². The zero-order chi connectivity index (χ0) is 15.5. The van der Waals surface area contributed by atoms with Crippen LogP contribution in [-0.4, -0.2) is 17.2 Å². The molecule has 0 unspecified atom stereocenters.